The summed E-state index contributed by atoms with van der Waals surface area (Å²) in [6.45, 7) is 3.86. The Balaban J connectivity index is 2.06. The van der Waals surface area contributed by atoms with E-state index in [1.165, 1.54) is 24.2 Å². The molecule has 12 nitrogen and oxygen atoms in total. The molecule has 13 heteroatoms. The fourth-order valence-corrected chi connectivity index (χ4v) is 4.09. The van der Waals surface area contributed by atoms with E-state index in [0.29, 0.717) is 16.9 Å². The summed E-state index contributed by atoms with van der Waals surface area (Å²) in [6, 6.07) is 5.16. The van der Waals surface area contributed by atoms with Crippen molar-refractivity contribution in [1.29, 1.82) is 0 Å². The van der Waals surface area contributed by atoms with E-state index in [1.54, 1.807) is 32.0 Å². The number of aromatic nitrogens is 2. The molecule has 1 amide bonds. The van der Waals surface area contributed by atoms with Gasteiger partial charge in [-0.2, -0.15) is 10.2 Å². The van der Waals surface area contributed by atoms with Crippen LogP contribution >= 0.6 is 7.60 Å². The third-order valence-electron chi connectivity index (χ3n) is 3.86. The van der Waals surface area contributed by atoms with Crippen molar-refractivity contribution in [2.75, 3.05) is 26.5 Å². The zero-order chi connectivity index (χ0) is 22.9. The van der Waals surface area contributed by atoms with Gasteiger partial charge in [0.2, 0.25) is 0 Å². The molecule has 0 atom stereocenters. The Morgan fingerprint density at radius 1 is 1.35 bits per heavy atom. The Labute approximate surface area is 178 Å². The number of ether oxygens (including phenoxy) is 1. The predicted octanol–water partition coefficient (Wildman–Crippen LogP) is 2.56. The van der Waals surface area contributed by atoms with Gasteiger partial charge >= 0.3 is 13.3 Å². The molecule has 0 spiro atoms. The lowest BCUT2D eigenvalue weighted by Gasteiger charge is -2.15. The van der Waals surface area contributed by atoms with Gasteiger partial charge in [0.25, 0.3) is 5.91 Å². The summed E-state index contributed by atoms with van der Waals surface area (Å²) < 4.78 is 29.3. The van der Waals surface area contributed by atoms with Gasteiger partial charge in [0, 0.05) is 5.56 Å². The normalized spacial score (nSPS) is 11.6. The first-order valence-corrected chi connectivity index (χ1v) is 11.1. The minimum absolute atomic E-state index is 0.115. The molecule has 1 aromatic carbocycles. The molecule has 0 aliphatic carbocycles. The van der Waals surface area contributed by atoms with E-state index in [1.807, 2.05) is 0 Å². The quantitative estimate of drug-likeness (QED) is 0.223. The van der Waals surface area contributed by atoms with Crippen molar-refractivity contribution < 1.29 is 28.1 Å². The first-order chi connectivity index (χ1) is 14.8. The second-order valence-corrected chi connectivity index (χ2v) is 8.18. The van der Waals surface area contributed by atoms with Crippen molar-refractivity contribution in [1.82, 2.24) is 15.2 Å². The van der Waals surface area contributed by atoms with Crippen molar-refractivity contribution in [2.24, 2.45) is 5.10 Å². The molecular weight excluding hydrogens is 429 g/mol. The summed E-state index contributed by atoms with van der Waals surface area (Å²) in [4.78, 5) is 22.3. The van der Waals surface area contributed by atoms with Gasteiger partial charge in [-0.1, -0.05) is 0 Å². The Hall–Kier alpha value is -3.08. The van der Waals surface area contributed by atoms with Gasteiger partial charge in [0.05, 0.1) is 38.0 Å². The molecule has 2 rings (SSSR count). The molecule has 0 aliphatic heterocycles. The molecule has 2 aromatic rings. The molecule has 0 radical (unpaired) electrons. The van der Waals surface area contributed by atoms with E-state index < -0.39 is 24.6 Å². The Morgan fingerprint density at radius 2 is 2.06 bits per heavy atom. The molecular formula is C18H24N5O7P. The predicted molar refractivity (Wildman–Crippen MR) is 112 cm³/mol. The summed E-state index contributed by atoms with van der Waals surface area (Å²) in [5.74, 6) is -0.0484. The van der Waals surface area contributed by atoms with Crippen LogP contribution in [0.3, 0.4) is 0 Å². The number of carbonyl (C=O) groups excluding carboxylic acids is 1. The number of carbonyl (C=O) groups is 1. The van der Waals surface area contributed by atoms with E-state index in [4.69, 9.17) is 13.8 Å². The number of methoxy groups -OCH3 is 1. The van der Waals surface area contributed by atoms with Gasteiger partial charge < -0.3 is 13.8 Å². The van der Waals surface area contributed by atoms with Gasteiger partial charge in [0.15, 0.2) is 0 Å². The average molecular weight is 453 g/mol. The van der Waals surface area contributed by atoms with Gasteiger partial charge in [-0.3, -0.25) is 24.2 Å². The van der Waals surface area contributed by atoms with Gasteiger partial charge in [-0.25, -0.2) is 5.43 Å². The monoisotopic (exact) mass is 453 g/mol. The van der Waals surface area contributed by atoms with E-state index in [9.17, 15) is 19.5 Å². The summed E-state index contributed by atoms with van der Waals surface area (Å²) in [6.07, 6.45) is 3.43. The molecule has 1 heterocycles. The Bertz CT molecular complexity index is 981. The zero-order valence-electron chi connectivity index (χ0n) is 17.4. The number of hydrazone groups is 1. The minimum atomic E-state index is -3.51. The zero-order valence-corrected chi connectivity index (χ0v) is 18.3. The molecule has 1 aromatic heterocycles. The number of hydrogen-bond acceptors (Lipinski definition) is 9. The van der Waals surface area contributed by atoms with Crippen LogP contribution in [0.4, 0.5) is 5.69 Å². The highest BCUT2D eigenvalue weighted by Gasteiger charge is 2.27. The summed E-state index contributed by atoms with van der Waals surface area (Å²) in [5, 5.41) is 18.7. The van der Waals surface area contributed by atoms with Crippen LogP contribution in [0.25, 0.3) is 0 Å². The van der Waals surface area contributed by atoms with Crippen LogP contribution in [0.5, 0.6) is 5.75 Å². The number of hydrogen-bond donors (Lipinski definition) is 1. The summed E-state index contributed by atoms with van der Waals surface area (Å²) >= 11 is 0. The number of rotatable bonds is 12. The number of benzene rings is 1. The van der Waals surface area contributed by atoms with E-state index in [-0.39, 0.29) is 25.4 Å². The van der Waals surface area contributed by atoms with Gasteiger partial charge in [-0.15, -0.1) is 0 Å². The third-order valence-corrected chi connectivity index (χ3v) is 5.84. The van der Waals surface area contributed by atoms with Crippen molar-refractivity contribution >= 4 is 25.4 Å². The Kier molecular flexibility index (Phi) is 8.86. The maximum atomic E-state index is 12.4. The maximum absolute atomic E-state index is 12.4. The smallest absolute Gasteiger partial charge is 0.340 e. The standard InChI is InChI=1S/C18H24N5O7P/c1-4-29-31(27,30-5-2)13-18(24)21-19-9-14-6-7-17(28-3)15(8-14)11-22-12-16(10-20-22)23(25)26/h6-10,12H,4-5,11,13H2,1-3H3,(H,21,24)/b19-9+. The summed E-state index contributed by atoms with van der Waals surface area (Å²) in [5.41, 5.74) is 3.51. The molecule has 0 fully saturated rings. The van der Waals surface area contributed by atoms with Crippen LogP contribution in [-0.4, -0.2) is 53.3 Å². The highest BCUT2D eigenvalue weighted by molar-refractivity contribution is 7.54. The van der Waals surface area contributed by atoms with E-state index in [2.05, 4.69) is 15.6 Å². The second kappa shape index (κ2) is 11.3. The largest absolute Gasteiger partial charge is 0.496 e. The average Bonchev–Trinajstić information content (AvgIpc) is 3.17. The fraction of sp³-hybridized carbons (Fsp3) is 0.389. The molecule has 168 valence electrons. The molecule has 1 N–H and O–H groups in total. The van der Waals surface area contributed by atoms with Crippen molar-refractivity contribution in [2.45, 2.75) is 20.4 Å². The first-order valence-electron chi connectivity index (χ1n) is 9.34. The fourth-order valence-electron chi connectivity index (χ4n) is 2.62. The van der Waals surface area contributed by atoms with Crippen LogP contribution in [0.15, 0.2) is 35.7 Å². The van der Waals surface area contributed by atoms with Crippen molar-refractivity contribution in [3.05, 3.63) is 51.8 Å². The highest BCUT2D eigenvalue weighted by atomic mass is 31.2. The van der Waals surface area contributed by atoms with Crippen LogP contribution in [-0.2, 0) is 25.0 Å². The maximum Gasteiger partial charge on any atom is 0.340 e. The molecule has 31 heavy (non-hydrogen) atoms. The lowest BCUT2D eigenvalue weighted by molar-refractivity contribution is -0.385. The number of nitrogens with zero attached hydrogens (tertiary/aromatic N) is 4. The lowest BCUT2D eigenvalue weighted by atomic mass is 10.1. The number of amides is 1. The Morgan fingerprint density at radius 3 is 2.65 bits per heavy atom. The van der Waals surface area contributed by atoms with Crippen molar-refractivity contribution in [3.63, 3.8) is 0 Å². The van der Waals surface area contributed by atoms with Crippen LogP contribution in [0, 0.1) is 10.1 Å². The number of nitro groups is 1. The lowest BCUT2D eigenvalue weighted by Crippen LogP contribution is -2.22. The molecule has 0 unspecified atom stereocenters. The van der Waals surface area contributed by atoms with Crippen LogP contribution in [0.1, 0.15) is 25.0 Å². The number of nitrogens with one attached hydrogen (secondary N) is 1. The summed E-state index contributed by atoms with van der Waals surface area (Å²) in [7, 11) is -2.00. The molecule has 0 bridgehead atoms. The van der Waals surface area contributed by atoms with Crippen LogP contribution in [0.2, 0.25) is 0 Å². The van der Waals surface area contributed by atoms with E-state index in [0.717, 1.165) is 6.20 Å². The topological polar surface area (TPSA) is 147 Å². The van der Waals surface area contributed by atoms with Gasteiger partial charge in [0.1, 0.15) is 24.3 Å². The van der Waals surface area contributed by atoms with Gasteiger partial charge in [-0.05, 0) is 37.6 Å². The molecule has 0 saturated heterocycles. The van der Waals surface area contributed by atoms with Crippen LogP contribution < -0.4 is 10.2 Å². The van der Waals surface area contributed by atoms with Crippen molar-refractivity contribution in [3.8, 4) is 5.75 Å². The third kappa shape index (κ3) is 7.28. The SMILES string of the molecule is CCOP(=O)(CC(=O)N/N=C/c1ccc(OC)c(Cn2cc([N+](=O)[O-])cn2)c1)OCC. The van der Waals surface area contributed by atoms with E-state index >= 15 is 0 Å². The highest BCUT2D eigenvalue weighted by Crippen LogP contribution is 2.47. The molecule has 0 saturated carbocycles. The second-order valence-electron chi connectivity index (χ2n) is 6.12. The molecule has 0 aliphatic rings. The first kappa shape index (κ1) is 24.2. The minimum Gasteiger partial charge on any atom is -0.496 e.